The second-order valence-electron chi connectivity index (χ2n) is 6.14. The summed E-state index contributed by atoms with van der Waals surface area (Å²) in [5.74, 6) is 0.629. The van der Waals surface area contributed by atoms with E-state index in [4.69, 9.17) is 14.0 Å². The van der Waals surface area contributed by atoms with E-state index in [1.807, 2.05) is 0 Å². The molecule has 1 saturated carbocycles. The van der Waals surface area contributed by atoms with E-state index in [2.05, 4.69) is 15.0 Å². The van der Waals surface area contributed by atoms with Gasteiger partial charge in [0.1, 0.15) is 11.5 Å². The maximum Gasteiger partial charge on any atom is 0.321 e. The number of esters is 1. The Kier molecular flexibility index (Phi) is 3.00. The number of nitrogens with zero attached hydrogens (tertiary/aromatic N) is 3. The average molecular weight is 293 g/mol. The summed E-state index contributed by atoms with van der Waals surface area (Å²) in [6.07, 6.45) is 3.69. The summed E-state index contributed by atoms with van der Waals surface area (Å²) in [4.78, 5) is 18.7. The molecule has 2 saturated heterocycles. The lowest BCUT2D eigenvalue weighted by Crippen LogP contribution is -2.42. The maximum absolute atomic E-state index is 11.8. The van der Waals surface area contributed by atoms with E-state index in [1.165, 1.54) is 20.0 Å². The topological polar surface area (TPSA) is 77.7 Å². The summed E-state index contributed by atoms with van der Waals surface area (Å²) < 4.78 is 16.0. The van der Waals surface area contributed by atoms with E-state index in [0.29, 0.717) is 30.6 Å². The van der Waals surface area contributed by atoms with Gasteiger partial charge in [-0.1, -0.05) is 5.16 Å². The number of morpholine rings is 1. The Morgan fingerprint density at radius 3 is 3.10 bits per heavy atom. The lowest BCUT2D eigenvalue weighted by Gasteiger charge is -2.33. The van der Waals surface area contributed by atoms with Gasteiger partial charge < -0.3 is 14.0 Å². The van der Waals surface area contributed by atoms with Crippen LogP contribution in [0.1, 0.15) is 43.5 Å². The number of methoxy groups -OCH3 is 1. The van der Waals surface area contributed by atoms with E-state index in [0.717, 1.165) is 19.7 Å². The summed E-state index contributed by atoms with van der Waals surface area (Å²) in [7, 11) is 1.39. The second-order valence-corrected chi connectivity index (χ2v) is 6.14. The molecule has 114 valence electrons. The molecule has 0 spiro atoms. The summed E-state index contributed by atoms with van der Waals surface area (Å²) in [6, 6.07) is 0.539. The summed E-state index contributed by atoms with van der Waals surface area (Å²) >= 11 is 0. The summed E-state index contributed by atoms with van der Waals surface area (Å²) in [6.45, 7) is 2.63. The molecule has 0 radical (unpaired) electrons. The molecule has 2 aliphatic heterocycles. The van der Waals surface area contributed by atoms with Crippen molar-refractivity contribution >= 4 is 5.97 Å². The molecule has 21 heavy (non-hydrogen) atoms. The van der Waals surface area contributed by atoms with Gasteiger partial charge >= 0.3 is 5.97 Å². The van der Waals surface area contributed by atoms with E-state index in [1.54, 1.807) is 0 Å². The number of rotatable bonds is 3. The molecule has 7 heteroatoms. The number of hydrogen-bond acceptors (Lipinski definition) is 7. The summed E-state index contributed by atoms with van der Waals surface area (Å²) in [5, 5.41) is 4.03. The zero-order valence-electron chi connectivity index (χ0n) is 12.1. The Labute approximate surface area is 122 Å². The van der Waals surface area contributed by atoms with Crippen molar-refractivity contribution in [2.75, 3.05) is 26.8 Å². The normalized spacial score (nSPS) is 30.9. The van der Waals surface area contributed by atoms with Crippen molar-refractivity contribution in [1.82, 2.24) is 15.0 Å². The van der Waals surface area contributed by atoms with E-state index in [9.17, 15) is 4.79 Å². The molecule has 1 aromatic rings. The Hall–Kier alpha value is -1.47. The zero-order valence-corrected chi connectivity index (χ0v) is 12.1. The van der Waals surface area contributed by atoms with Gasteiger partial charge in [0.25, 0.3) is 0 Å². The average Bonchev–Trinajstić information content (AvgIpc) is 2.98. The van der Waals surface area contributed by atoms with Crippen LogP contribution in [0.25, 0.3) is 0 Å². The molecule has 2 unspecified atom stereocenters. The zero-order chi connectivity index (χ0) is 14.4. The molecule has 2 atom stereocenters. The van der Waals surface area contributed by atoms with Gasteiger partial charge in [0.2, 0.25) is 11.7 Å². The van der Waals surface area contributed by atoms with Gasteiger partial charge in [-0.25, -0.2) is 0 Å². The first-order valence-corrected chi connectivity index (χ1v) is 7.51. The molecule has 3 heterocycles. The molecular weight excluding hydrogens is 274 g/mol. The monoisotopic (exact) mass is 293 g/mol. The fraction of sp³-hybridized carbons (Fsp3) is 0.786. The Morgan fingerprint density at radius 2 is 2.33 bits per heavy atom. The van der Waals surface area contributed by atoms with Crippen LogP contribution in [-0.2, 0) is 19.7 Å². The van der Waals surface area contributed by atoms with Crippen LogP contribution in [0.5, 0.6) is 0 Å². The first kappa shape index (κ1) is 13.2. The predicted molar refractivity (Wildman–Crippen MR) is 70.5 cm³/mol. The third-order valence-electron chi connectivity index (χ3n) is 4.85. The van der Waals surface area contributed by atoms with Gasteiger partial charge in [-0.3, -0.25) is 9.69 Å². The molecule has 7 nitrogen and oxygen atoms in total. The largest absolute Gasteiger partial charge is 0.468 e. The van der Waals surface area contributed by atoms with Crippen LogP contribution in [0, 0.1) is 0 Å². The van der Waals surface area contributed by atoms with Gasteiger partial charge in [0.05, 0.1) is 13.7 Å². The number of aromatic nitrogens is 2. The molecule has 3 aliphatic rings. The quantitative estimate of drug-likeness (QED) is 0.763. The van der Waals surface area contributed by atoms with Crippen molar-refractivity contribution in [3.8, 4) is 0 Å². The highest BCUT2D eigenvalue weighted by atomic mass is 16.5. The van der Waals surface area contributed by atoms with Gasteiger partial charge in [0.15, 0.2) is 0 Å². The molecule has 0 bridgehead atoms. The van der Waals surface area contributed by atoms with Crippen LogP contribution in [0.4, 0.5) is 0 Å². The van der Waals surface area contributed by atoms with Crippen LogP contribution in [0.2, 0.25) is 0 Å². The van der Waals surface area contributed by atoms with Crippen molar-refractivity contribution in [3.63, 3.8) is 0 Å². The van der Waals surface area contributed by atoms with E-state index >= 15 is 0 Å². The molecule has 1 aromatic heterocycles. The maximum atomic E-state index is 11.8. The highest BCUT2D eigenvalue weighted by Gasteiger charge is 2.57. The predicted octanol–water partition coefficient (Wildman–Crippen LogP) is 0.810. The van der Waals surface area contributed by atoms with Crippen LogP contribution in [0.15, 0.2) is 4.52 Å². The Balaban J connectivity index is 1.51. The fourth-order valence-electron chi connectivity index (χ4n) is 3.36. The highest BCUT2D eigenvalue weighted by Crippen LogP contribution is 2.48. The highest BCUT2D eigenvalue weighted by molar-refractivity contribution is 5.85. The lowest BCUT2D eigenvalue weighted by atomic mass is 10.1. The SMILES string of the molecule is COC(=O)C1(c2nc(C3CN4CCCC4CO3)no2)CC1. The molecule has 4 rings (SSSR count). The molecule has 3 fully saturated rings. The summed E-state index contributed by atoms with van der Waals surface area (Å²) in [5.41, 5.74) is -0.704. The molecule has 0 amide bonds. The molecule has 0 aromatic carbocycles. The van der Waals surface area contributed by atoms with Crippen LogP contribution < -0.4 is 0 Å². The standard InChI is InChI=1S/C14H19N3O4/c1-19-13(18)14(4-5-14)12-15-11(16-21-12)10-7-17-6-2-3-9(17)8-20-10/h9-10H,2-8H2,1H3. The third kappa shape index (κ3) is 2.06. The fourth-order valence-corrected chi connectivity index (χ4v) is 3.36. The van der Waals surface area contributed by atoms with Gasteiger partial charge in [-0.05, 0) is 32.2 Å². The number of fused-ring (bicyclic) bond motifs is 1. The van der Waals surface area contributed by atoms with Crippen LogP contribution in [-0.4, -0.2) is 53.9 Å². The van der Waals surface area contributed by atoms with Gasteiger partial charge in [-0.2, -0.15) is 4.98 Å². The van der Waals surface area contributed by atoms with Gasteiger partial charge in [0, 0.05) is 12.6 Å². The first-order valence-electron chi connectivity index (χ1n) is 7.51. The minimum atomic E-state index is -0.704. The Bertz CT molecular complexity index is 554. The van der Waals surface area contributed by atoms with Crippen molar-refractivity contribution in [1.29, 1.82) is 0 Å². The smallest absolute Gasteiger partial charge is 0.321 e. The second kappa shape index (κ2) is 4.78. The van der Waals surface area contributed by atoms with E-state index < -0.39 is 5.41 Å². The minimum Gasteiger partial charge on any atom is -0.468 e. The number of hydrogen-bond donors (Lipinski definition) is 0. The number of carbonyl (C=O) groups is 1. The molecule has 1 aliphatic carbocycles. The third-order valence-corrected chi connectivity index (χ3v) is 4.85. The van der Waals surface area contributed by atoms with Crippen molar-refractivity contribution in [2.45, 2.75) is 43.2 Å². The lowest BCUT2D eigenvalue weighted by molar-refractivity contribution is -0.144. The van der Waals surface area contributed by atoms with E-state index in [-0.39, 0.29) is 12.1 Å². The van der Waals surface area contributed by atoms with Crippen molar-refractivity contribution < 1.29 is 18.8 Å². The number of carbonyl (C=O) groups excluding carboxylic acids is 1. The molecular formula is C14H19N3O4. The van der Waals surface area contributed by atoms with Crippen LogP contribution in [0.3, 0.4) is 0 Å². The molecule has 0 N–H and O–H groups in total. The number of ether oxygens (including phenoxy) is 2. The first-order chi connectivity index (χ1) is 10.2. The van der Waals surface area contributed by atoms with Crippen LogP contribution >= 0.6 is 0 Å². The van der Waals surface area contributed by atoms with Gasteiger partial charge in [-0.15, -0.1) is 0 Å². The van der Waals surface area contributed by atoms with Crippen molar-refractivity contribution in [2.24, 2.45) is 0 Å². The minimum absolute atomic E-state index is 0.162. The van der Waals surface area contributed by atoms with Crippen molar-refractivity contribution in [3.05, 3.63) is 11.7 Å². The Morgan fingerprint density at radius 1 is 1.48 bits per heavy atom.